The molecule has 0 saturated carbocycles. The predicted molar refractivity (Wildman–Crippen MR) is 117 cm³/mol. The van der Waals surface area contributed by atoms with E-state index in [9.17, 15) is 27.9 Å². The second-order valence-corrected chi connectivity index (χ2v) is 8.03. The molecule has 4 aromatic heterocycles. The molecule has 0 aliphatic carbocycles. The fourth-order valence-corrected chi connectivity index (χ4v) is 4.28. The van der Waals surface area contributed by atoms with Crippen molar-refractivity contribution in [2.45, 2.75) is 19.1 Å². The molecule has 0 aromatic carbocycles. The first-order valence-electron chi connectivity index (χ1n) is 10.4. The van der Waals surface area contributed by atoms with E-state index in [1.54, 1.807) is 12.1 Å². The highest BCUT2D eigenvalue weighted by atomic mass is 19.4. The molecule has 5 heterocycles. The summed E-state index contributed by atoms with van der Waals surface area (Å²) in [6, 6.07) is 8.53. The normalized spacial score (nSPS) is 13.8. The lowest BCUT2D eigenvalue weighted by Crippen LogP contribution is -2.34. The van der Waals surface area contributed by atoms with Gasteiger partial charge in [-0.25, -0.2) is 9.78 Å². The SMILES string of the molecule is Cn1c2c(c3ccc(-n4ccc(-c5ccc(C(F)(F)F)cn5)cc4=O)nc31)CN(C(=O)O)CC2. The van der Waals surface area contributed by atoms with Gasteiger partial charge in [-0.2, -0.15) is 13.2 Å². The first-order valence-corrected chi connectivity index (χ1v) is 10.4. The van der Waals surface area contributed by atoms with Gasteiger partial charge in [-0.1, -0.05) is 0 Å². The zero-order valence-electron chi connectivity index (χ0n) is 17.9. The number of aromatic nitrogens is 4. The van der Waals surface area contributed by atoms with Crippen LogP contribution in [0.2, 0.25) is 0 Å². The minimum absolute atomic E-state index is 0.249. The van der Waals surface area contributed by atoms with E-state index >= 15 is 0 Å². The zero-order valence-corrected chi connectivity index (χ0v) is 17.9. The van der Waals surface area contributed by atoms with Gasteiger partial charge in [0.2, 0.25) is 0 Å². The van der Waals surface area contributed by atoms with E-state index in [0.29, 0.717) is 30.0 Å². The molecule has 34 heavy (non-hydrogen) atoms. The molecule has 1 N–H and O–H groups in total. The third kappa shape index (κ3) is 3.58. The molecule has 4 aromatic rings. The first kappa shape index (κ1) is 21.7. The summed E-state index contributed by atoms with van der Waals surface area (Å²) in [7, 11) is 1.86. The van der Waals surface area contributed by atoms with E-state index < -0.39 is 23.4 Å². The van der Waals surface area contributed by atoms with Crippen molar-refractivity contribution >= 4 is 17.1 Å². The maximum atomic E-state index is 12.8. The molecule has 0 atom stereocenters. The van der Waals surface area contributed by atoms with E-state index in [0.717, 1.165) is 28.9 Å². The molecule has 1 aliphatic rings. The Labute approximate surface area is 190 Å². The lowest BCUT2D eigenvalue weighted by Gasteiger charge is -2.25. The molecular weight excluding hydrogens is 451 g/mol. The van der Waals surface area contributed by atoms with E-state index in [-0.39, 0.29) is 12.2 Å². The number of pyridine rings is 3. The smallest absolute Gasteiger partial charge is 0.417 e. The van der Waals surface area contributed by atoms with E-state index in [1.807, 2.05) is 17.7 Å². The fourth-order valence-electron chi connectivity index (χ4n) is 4.28. The highest BCUT2D eigenvalue weighted by Crippen LogP contribution is 2.31. The molecular formula is C23H18F3N5O3. The molecule has 5 rings (SSSR count). The van der Waals surface area contributed by atoms with Crippen LogP contribution in [0.5, 0.6) is 0 Å². The molecule has 11 heteroatoms. The summed E-state index contributed by atoms with van der Waals surface area (Å²) in [5, 5.41) is 10.2. The third-order valence-electron chi connectivity index (χ3n) is 6.05. The third-order valence-corrected chi connectivity index (χ3v) is 6.05. The van der Waals surface area contributed by atoms with Crippen molar-refractivity contribution in [3.63, 3.8) is 0 Å². The topological polar surface area (TPSA) is 93.3 Å². The Kier molecular flexibility index (Phi) is 4.92. The molecule has 1 amide bonds. The molecule has 1 aliphatic heterocycles. The van der Waals surface area contributed by atoms with Gasteiger partial charge in [-0.05, 0) is 30.3 Å². The van der Waals surface area contributed by atoms with Gasteiger partial charge in [-0.3, -0.25) is 14.3 Å². The summed E-state index contributed by atoms with van der Waals surface area (Å²) >= 11 is 0. The van der Waals surface area contributed by atoms with Crippen molar-refractivity contribution in [2.24, 2.45) is 7.05 Å². The first-order chi connectivity index (χ1) is 16.1. The van der Waals surface area contributed by atoms with Crippen LogP contribution in [-0.2, 0) is 26.2 Å². The van der Waals surface area contributed by atoms with Crippen molar-refractivity contribution in [3.05, 3.63) is 76.0 Å². The number of rotatable bonds is 2. The van der Waals surface area contributed by atoms with Gasteiger partial charge in [-0.15, -0.1) is 0 Å². The summed E-state index contributed by atoms with van der Waals surface area (Å²) in [5.41, 5.74) is 1.91. The number of halogens is 3. The van der Waals surface area contributed by atoms with Gasteiger partial charge >= 0.3 is 12.3 Å². The van der Waals surface area contributed by atoms with Gasteiger partial charge < -0.3 is 14.6 Å². The number of aryl methyl sites for hydroxylation is 1. The van der Waals surface area contributed by atoms with Crippen molar-refractivity contribution in [1.29, 1.82) is 0 Å². The van der Waals surface area contributed by atoms with Crippen LogP contribution in [0.25, 0.3) is 28.1 Å². The van der Waals surface area contributed by atoms with Gasteiger partial charge in [0.05, 0.1) is 17.8 Å². The molecule has 0 saturated heterocycles. The van der Waals surface area contributed by atoms with Crippen molar-refractivity contribution in [3.8, 4) is 17.1 Å². The summed E-state index contributed by atoms with van der Waals surface area (Å²) in [6.45, 7) is 0.677. The number of alkyl halides is 3. The summed E-state index contributed by atoms with van der Waals surface area (Å²) in [5.74, 6) is 0.373. The lowest BCUT2D eigenvalue weighted by atomic mass is 10.1. The van der Waals surface area contributed by atoms with Crippen LogP contribution in [-0.4, -0.2) is 41.7 Å². The Balaban J connectivity index is 1.50. The number of carbonyl (C=O) groups is 1. The number of fused-ring (bicyclic) bond motifs is 3. The summed E-state index contributed by atoms with van der Waals surface area (Å²) < 4.78 is 41.5. The zero-order chi connectivity index (χ0) is 24.2. The van der Waals surface area contributed by atoms with Gasteiger partial charge in [0.25, 0.3) is 5.56 Å². The quantitative estimate of drug-likeness (QED) is 0.482. The molecule has 0 bridgehead atoms. The highest BCUT2D eigenvalue weighted by Gasteiger charge is 2.30. The van der Waals surface area contributed by atoms with Gasteiger partial charge in [0.1, 0.15) is 11.5 Å². The number of carboxylic acid groups (broad SMARTS) is 1. The van der Waals surface area contributed by atoms with Crippen LogP contribution in [0, 0.1) is 0 Å². The Hall–Kier alpha value is -4.15. The van der Waals surface area contributed by atoms with Crippen LogP contribution >= 0.6 is 0 Å². The summed E-state index contributed by atoms with van der Waals surface area (Å²) in [6.07, 6.45) is -2.65. The monoisotopic (exact) mass is 469 g/mol. The van der Waals surface area contributed by atoms with Crippen LogP contribution in [0.1, 0.15) is 16.8 Å². The largest absolute Gasteiger partial charge is 0.465 e. The predicted octanol–water partition coefficient (Wildman–Crippen LogP) is 3.84. The standard InChI is InChI=1S/C23H18F3N5O3/c1-29-18-7-8-30(22(33)34)12-16(18)15-3-5-19(28-21(15)29)31-9-6-13(10-20(31)32)17-4-2-14(11-27-17)23(24,25)26/h2-6,9-11H,7-8,12H2,1H3,(H,33,34). The maximum absolute atomic E-state index is 12.8. The van der Waals surface area contributed by atoms with Crippen molar-refractivity contribution < 1.29 is 23.1 Å². The highest BCUT2D eigenvalue weighted by molar-refractivity contribution is 5.84. The Morgan fingerprint density at radius 3 is 2.59 bits per heavy atom. The fraction of sp³-hybridized carbons (Fsp3) is 0.217. The number of amides is 1. The van der Waals surface area contributed by atoms with Crippen LogP contribution < -0.4 is 5.56 Å². The minimum Gasteiger partial charge on any atom is -0.465 e. The van der Waals surface area contributed by atoms with Gasteiger partial charge in [0.15, 0.2) is 0 Å². The van der Waals surface area contributed by atoms with Crippen LogP contribution in [0.4, 0.5) is 18.0 Å². The number of nitrogens with zero attached hydrogens (tertiary/aromatic N) is 5. The number of hydrogen-bond acceptors (Lipinski definition) is 4. The molecule has 174 valence electrons. The number of hydrogen-bond donors (Lipinski definition) is 1. The van der Waals surface area contributed by atoms with E-state index in [1.165, 1.54) is 27.8 Å². The molecule has 0 radical (unpaired) electrons. The van der Waals surface area contributed by atoms with Crippen molar-refractivity contribution in [2.75, 3.05) is 6.54 Å². The maximum Gasteiger partial charge on any atom is 0.417 e. The Bertz CT molecular complexity index is 1490. The van der Waals surface area contributed by atoms with E-state index in [2.05, 4.69) is 9.97 Å². The van der Waals surface area contributed by atoms with E-state index in [4.69, 9.17) is 0 Å². The Morgan fingerprint density at radius 1 is 1.15 bits per heavy atom. The minimum atomic E-state index is -4.48. The van der Waals surface area contributed by atoms with Gasteiger partial charge in [0, 0.05) is 60.7 Å². The second-order valence-electron chi connectivity index (χ2n) is 8.03. The summed E-state index contributed by atoms with van der Waals surface area (Å²) in [4.78, 5) is 34.0. The molecule has 8 nitrogen and oxygen atoms in total. The van der Waals surface area contributed by atoms with Crippen LogP contribution in [0.3, 0.4) is 0 Å². The average molecular weight is 469 g/mol. The molecule has 0 unspecified atom stereocenters. The van der Waals surface area contributed by atoms with Crippen LogP contribution in [0.15, 0.2) is 53.6 Å². The lowest BCUT2D eigenvalue weighted by molar-refractivity contribution is -0.137. The average Bonchev–Trinajstić information content (AvgIpc) is 3.09. The molecule has 0 fully saturated rings. The molecule has 0 spiro atoms. The Morgan fingerprint density at radius 2 is 1.94 bits per heavy atom. The second kappa shape index (κ2) is 7.72. The van der Waals surface area contributed by atoms with Crippen molar-refractivity contribution in [1.82, 2.24) is 24.0 Å².